The molecule has 1 amide bonds. The van der Waals surface area contributed by atoms with Gasteiger partial charge in [-0.05, 0) is 60.9 Å². The molecule has 1 aliphatic heterocycles. The summed E-state index contributed by atoms with van der Waals surface area (Å²) in [5, 5.41) is 11.5. The van der Waals surface area contributed by atoms with Gasteiger partial charge in [0.25, 0.3) is 11.6 Å². The lowest BCUT2D eigenvalue weighted by atomic mass is 10.00. The molecule has 4 rings (SSSR count). The maximum absolute atomic E-state index is 13.5. The third kappa shape index (κ3) is 5.56. The van der Waals surface area contributed by atoms with Crippen molar-refractivity contribution in [2.45, 2.75) is 25.4 Å². The van der Waals surface area contributed by atoms with Crippen LogP contribution in [0.4, 0.5) is 15.8 Å². The monoisotopic (exact) mass is 467 g/mol. The van der Waals surface area contributed by atoms with Crippen LogP contribution in [0.1, 0.15) is 28.8 Å². The predicted molar refractivity (Wildman–Crippen MR) is 126 cm³/mol. The van der Waals surface area contributed by atoms with Gasteiger partial charge in [0.05, 0.1) is 4.92 Å². The van der Waals surface area contributed by atoms with E-state index in [0.717, 1.165) is 31.5 Å². The molecule has 8 heteroatoms. The van der Waals surface area contributed by atoms with Crippen molar-refractivity contribution in [2.24, 2.45) is 0 Å². The van der Waals surface area contributed by atoms with E-state index in [1.165, 1.54) is 18.2 Å². The molecule has 170 valence electrons. The third-order valence-electron chi connectivity index (χ3n) is 5.84. The number of piperidine rings is 1. The first-order valence-corrected chi connectivity index (χ1v) is 11.1. The molecular weight excluding hydrogens is 445 g/mol. The van der Waals surface area contributed by atoms with E-state index in [9.17, 15) is 19.3 Å². The molecule has 0 aromatic heterocycles. The lowest BCUT2D eigenvalue weighted by Crippen LogP contribution is -2.47. The van der Waals surface area contributed by atoms with Crippen molar-refractivity contribution >= 4 is 28.9 Å². The van der Waals surface area contributed by atoms with Crippen molar-refractivity contribution in [3.05, 3.63) is 105 Å². The number of non-ortho nitro benzene ring substituents is 1. The SMILES string of the molecule is O=C(c1cccc(Cl)c1)N(c1ccc(F)cc1)C1CCN(Cc2cccc([N+](=O)[O-])c2)CC1. The van der Waals surface area contributed by atoms with Crippen LogP contribution in [0.3, 0.4) is 0 Å². The van der Waals surface area contributed by atoms with Gasteiger partial charge in [-0.15, -0.1) is 0 Å². The summed E-state index contributed by atoms with van der Waals surface area (Å²) in [5.41, 5.74) is 2.08. The minimum atomic E-state index is -0.391. The summed E-state index contributed by atoms with van der Waals surface area (Å²) in [6.45, 7) is 2.06. The van der Waals surface area contributed by atoms with E-state index >= 15 is 0 Å². The Morgan fingerprint density at radius 3 is 2.42 bits per heavy atom. The van der Waals surface area contributed by atoms with Crippen LogP contribution < -0.4 is 4.90 Å². The zero-order valence-electron chi connectivity index (χ0n) is 17.9. The molecule has 0 spiro atoms. The standard InChI is InChI=1S/C25H23ClFN3O3/c26-20-5-2-4-19(16-20)25(31)29(22-9-7-21(27)8-10-22)23-11-13-28(14-12-23)17-18-3-1-6-24(15-18)30(32)33/h1-10,15-16,23H,11-14,17H2. The Morgan fingerprint density at radius 1 is 1.06 bits per heavy atom. The molecule has 1 fully saturated rings. The van der Waals surface area contributed by atoms with Gasteiger partial charge in [-0.3, -0.25) is 19.8 Å². The van der Waals surface area contributed by atoms with Gasteiger partial charge in [0.2, 0.25) is 0 Å². The summed E-state index contributed by atoms with van der Waals surface area (Å²) in [4.78, 5) is 28.1. The second kappa shape index (κ2) is 10.1. The van der Waals surface area contributed by atoms with E-state index in [4.69, 9.17) is 11.6 Å². The molecule has 1 aliphatic rings. The van der Waals surface area contributed by atoms with Crippen molar-refractivity contribution in [1.82, 2.24) is 4.90 Å². The molecule has 0 atom stereocenters. The van der Waals surface area contributed by atoms with Crippen LogP contribution in [0, 0.1) is 15.9 Å². The molecule has 0 unspecified atom stereocenters. The lowest BCUT2D eigenvalue weighted by Gasteiger charge is -2.38. The summed E-state index contributed by atoms with van der Waals surface area (Å²) in [6.07, 6.45) is 1.44. The van der Waals surface area contributed by atoms with Gasteiger partial charge in [0.15, 0.2) is 0 Å². The van der Waals surface area contributed by atoms with Gasteiger partial charge in [0.1, 0.15) is 5.82 Å². The van der Waals surface area contributed by atoms with Gasteiger partial charge >= 0.3 is 0 Å². The number of anilines is 1. The van der Waals surface area contributed by atoms with E-state index in [1.807, 2.05) is 6.07 Å². The molecule has 6 nitrogen and oxygen atoms in total. The van der Waals surface area contributed by atoms with E-state index in [2.05, 4.69) is 4.90 Å². The van der Waals surface area contributed by atoms with Crippen LogP contribution in [0.5, 0.6) is 0 Å². The Morgan fingerprint density at radius 2 is 1.76 bits per heavy atom. The van der Waals surface area contributed by atoms with Crippen LogP contribution >= 0.6 is 11.6 Å². The van der Waals surface area contributed by atoms with Crippen LogP contribution in [0.15, 0.2) is 72.8 Å². The van der Waals surface area contributed by atoms with Crippen molar-refractivity contribution < 1.29 is 14.1 Å². The first-order valence-electron chi connectivity index (χ1n) is 10.7. The van der Waals surface area contributed by atoms with E-state index in [0.29, 0.717) is 22.8 Å². The molecule has 0 aliphatic carbocycles. The number of halogens is 2. The number of carbonyl (C=O) groups excluding carboxylic acids is 1. The van der Waals surface area contributed by atoms with Crippen LogP contribution in [0.25, 0.3) is 0 Å². The van der Waals surface area contributed by atoms with Gasteiger partial charge < -0.3 is 4.90 Å². The maximum atomic E-state index is 13.5. The molecule has 1 saturated heterocycles. The quantitative estimate of drug-likeness (QED) is 0.344. The first-order chi connectivity index (χ1) is 15.9. The molecule has 0 bridgehead atoms. The molecule has 3 aromatic carbocycles. The number of nitro benzene ring substituents is 1. The zero-order chi connectivity index (χ0) is 23.4. The predicted octanol–water partition coefficient (Wildman–Crippen LogP) is 5.70. The minimum Gasteiger partial charge on any atom is -0.305 e. The molecular formula is C25H23ClFN3O3. The second-order valence-electron chi connectivity index (χ2n) is 8.10. The molecule has 0 N–H and O–H groups in total. The van der Waals surface area contributed by atoms with Crippen molar-refractivity contribution in [3.63, 3.8) is 0 Å². The number of amides is 1. The largest absolute Gasteiger partial charge is 0.305 e. The Bertz CT molecular complexity index is 1150. The number of nitro groups is 1. The Kier molecular flexibility index (Phi) is 7.01. The fraction of sp³-hybridized carbons (Fsp3) is 0.240. The molecule has 3 aromatic rings. The van der Waals surface area contributed by atoms with Crippen LogP contribution in [-0.4, -0.2) is 34.9 Å². The Labute approximate surface area is 196 Å². The van der Waals surface area contributed by atoms with Crippen molar-refractivity contribution in [2.75, 3.05) is 18.0 Å². The minimum absolute atomic E-state index is 0.0664. The van der Waals surface area contributed by atoms with E-state index in [-0.39, 0.29) is 23.5 Å². The number of hydrogen-bond donors (Lipinski definition) is 0. The van der Waals surface area contributed by atoms with Gasteiger partial charge in [-0.2, -0.15) is 0 Å². The Balaban J connectivity index is 1.50. The summed E-state index contributed by atoms with van der Waals surface area (Å²) in [5.74, 6) is -0.540. The van der Waals surface area contributed by atoms with Gasteiger partial charge in [-0.1, -0.05) is 29.8 Å². The highest BCUT2D eigenvalue weighted by Crippen LogP contribution is 2.28. The summed E-state index contributed by atoms with van der Waals surface area (Å²) in [6, 6.07) is 19.3. The first kappa shape index (κ1) is 22.9. The highest BCUT2D eigenvalue weighted by molar-refractivity contribution is 6.31. The smallest absolute Gasteiger partial charge is 0.269 e. The molecule has 0 saturated carbocycles. The molecule has 0 radical (unpaired) electrons. The fourth-order valence-electron chi connectivity index (χ4n) is 4.22. The third-order valence-corrected chi connectivity index (χ3v) is 6.08. The number of nitrogens with zero attached hydrogens (tertiary/aromatic N) is 3. The van der Waals surface area contributed by atoms with Gasteiger partial charge in [-0.25, -0.2) is 4.39 Å². The number of benzene rings is 3. The number of rotatable bonds is 6. The normalized spacial score (nSPS) is 14.7. The molecule has 1 heterocycles. The number of carbonyl (C=O) groups is 1. The topological polar surface area (TPSA) is 66.7 Å². The summed E-state index contributed by atoms with van der Waals surface area (Å²) >= 11 is 6.10. The number of likely N-dealkylation sites (tertiary alicyclic amines) is 1. The van der Waals surface area contributed by atoms with Crippen LogP contribution in [-0.2, 0) is 6.54 Å². The van der Waals surface area contributed by atoms with E-state index < -0.39 is 4.92 Å². The number of hydrogen-bond acceptors (Lipinski definition) is 4. The van der Waals surface area contributed by atoms with Crippen molar-refractivity contribution in [3.8, 4) is 0 Å². The second-order valence-corrected chi connectivity index (χ2v) is 8.53. The lowest BCUT2D eigenvalue weighted by molar-refractivity contribution is -0.384. The Hall–Kier alpha value is -3.29. The van der Waals surface area contributed by atoms with E-state index in [1.54, 1.807) is 53.4 Å². The highest BCUT2D eigenvalue weighted by Gasteiger charge is 2.30. The summed E-state index contributed by atoms with van der Waals surface area (Å²) < 4.78 is 13.5. The van der Waals surface area contributed by atoms with Crippen molar-refractivity contribution in [1.29, 1.82) is 0 Å². The highest BCUT2D eigenvalue weighted by atomic mass is 35.5. The summed E-state index contributed by atoms with van der Waals surface area (Å²) in [7, 11) is 0. The maximum Gasteiger partial charge on any atom is 0.269 e. The average Bonchev–Trinajstić information content (AvgIpc) is 2.81. The average molecular weight is 468 g/mol. The van der Waals surface area contributed by atoms with Gasteiger partial charge in [0, 0.05) is 54.1 Å². The fourth-order valence-corrected chi connectivity index (χ4v) is 4.41. The zero-order valence-corrected chi connectivity index (χ0v) is 18.6. The molecule has 33 heavy (non-hydrogen) atoms. The van der Waals surface area contributed by atoms with Crippen LogP contribution in [0.2, 0.25) is 5.02 Å².